The molecule has 1 fully saturated rings. The van der Waals surface area contributed by atoms with Crippen molar-refractivity contribution in [1.82, 2.24) is 15.1 Å². The summed E-state index contributed by atoms with van der Waals surface area (Å²) in [6.07, 6.45) is 2.17. The Hall–Kier alpha value is -1.92. The first-order valence-electron chi connectivity index (χ1n) is 8.93. The van der Waals surface area contributed by atoms with E-state index in [9.17, 15) is 9.59 Å². The number of anilines is 1. The number of likely N-dealkylation sites (N-methyl/N-ethyl adjacent to an activating group) is 2. The van der Waals surface area contributed by atoms with E-state index in [4.69, 9.17) is 0 Å². The number of benzene rings is 1. The van der Waals surface area contributed by atoms with Crippen molar-refractivity contribution in [2.45, 2.75) is 25.8 Å². The second kappa shape index (κ2) is 8.97. The molecule has 0 bridgehead atoms. The molecule has 2 atom stereocenters. The highest BCUT2D eigenvalue weighted by atomic mass is 16.2. The molecular weight excluding hydrogens is 316 g/mol. The second-order valence-corrected chi connectivity index (χ2v) is 7.00. The number of carbonyl (C=O) groups excluding carboxylic acids is 2. The summed E-state index contributed by atoms with van der Waals surface area (Å²) >= 11 is 0. The zero-order chi connectivity index (χ0) is 18.4. The van der Waals surface area contributed by atoms with Crippen molar-refractivity contribution < 1.29 is 9.59 Å². The van der Waals surface area contributed by atoms with Crippen LogP contribution in [-0.4, -0.2) is 68.4 Å². The van der Waals surface area contributed by atoms with Gasteiger partial charge >= 0.3 is 0 Å². The molecular formula is C19H30N4O2. The first-order chi connectivity index (χ1) is 11.9. The van der Waals surface area contributed by atoms with E-state index in [1.165, 1.54) is 0 Å². The van der Waals surface area contributed by atoms with Gasteiger partial charge in [-0.25, -0.2) is 0 Å². The number of rotatable bonds is 6. The standard InChI is InChI=1S/C19H30N4O2/c1-14(12-20-2)18(24)21-16-9-7-15(8-10-16)19(25)23(4)17-6-5-11-22(3)13-17/h7-10,14,17,20H,5-6,11-13H2,1-4H3,(H,21,24). The number of piperidine rings is 1. The molecule has 6 heteroatoms. The monoisotopic (exact) mass is 346 g/mol. The number of carbonyl (C=O) groups is 2. The molecule has 0 radical (unpaired) electrons. The number of hydrogen-bond acceptors (Lipinski definition) is 4. The quantitative estimate of drug-likeness (QED) is 0.822. The van der Waals surface area contributed by atoms with E-state index in [0.29, 0.717) is 17.8 Å². The molecule has 25 heavy (non-hydrogen) atoms. The van der Waals surface area contributed by atoms with Crippen molar-refractivity contribution in [2.24, 2.45) is 5.92 Å². The fourth-order valence-corrected chi connectivity index (χ4v) is 3.19. The Morgan fingerprint density at radius 3 is 2.60 bits per heavy atom. The average Bonchev–Trinajstić information content (AvgIpc) is 2.61. The van der Waals surface area contributed by atoms with Crippen molar-refractivity contribution in [3.63, 3.8) is 0 Å². The number of likely N-dealkylation sites (tertiary alicyclic amines) is 1. The molecule has 1 aromatic rings. The van der Waals surface area contributed by atoms with Crippen LogP contribution in [0.3, 0.4) is 0 Å². The second-order valence-electron chi connectivity index (χ2n) is 7.00. The molecule has 0 aromatic heterocycles. The minimum atomic E-state index is -0.110. The van der Waals surface area contributed by atoms with Crippen LogP contribution < -0.4 is 10.6 Å². The summed E-state index contributed by atoms with van der Waals surface area (Å²) in [5.41, 5.74) is 1.36. The Balaban J connectivity index is 1.96. The minimum Gasteiger partial charge on any atom is -0.337 e. The van der Waals surface area contributed by atoms with Gasteiger partial charge in [0.1, 0.15) is 0 Å². The van der Waals surface area contributed by atoms with E-state index >= 15 is 0 Å². The lowest BCUT2D eigenvalue weighted by Crippen LogP contribution is -2.47. The third-order valence-electron chi connectivity index (χ3n) is 4.82. The highest BCUT2D eigenvalue weighted by Gasteiger charge is 2.25. The summed E-state index contributed by atoms with van der Waals surface area (Å²) in [6, 6.07) is 7.40. The lowest BCUT2D eigenvalue weighted by atomic mass is 10.0. The predicted molar refractivity (Wildman–Crippen MR) is 101 cm³/mol. The molecule has 1 saturated heterocycles. The summed E-state index contributed by atoms with van der Waals surface area (Å²) in [4.78, 5) is 28.8. The fourth-order valence-electron chi connectivity index (χ4n) is 3.19. The van der Waals surface area contributed by atoms with Crippen molar-refractivity contribution in [1.29, 1.82) is 0 Å². The maximum absolute atomic E-state index is 12.7. The van der Waals surface area contributed by atoms with E-state index in [1.807, 2.05) is 25.9 Å². The van der Waals surface area contributed by atoms with Gasteiger partial charge in [-0.05, 0) is 57.7 Å². The van der Waals surface area contributed by atoms with Crippen molar-refractivity contribution in [3.05, 3.63) is 29.8 Å². The van der Waals surface area contributed by atoms with Crippen molar-refractivity contribution in [2.75, 3.05) is 46.1 Å². The van der Waals surface area contributed by atoms with Gasteiger partial charge in [-0.15, -0.1) is 0 Å². The Morgan fingerprint density at radius 2 is 2.00 bits per heavy atom. The van der Waals surface area contributed by atoms with Crippen LogP contribution >= 0.6 is 0 Å². The van der Waals surface area contributed by atoms with Gasteiger partial charge in [0, 0.05) is 43.3 Å². The lowest BCUT2D eigenvalue weighted by Gasteiger charge is -2.35. The normalized spacial score (nSPS) is 19.3. The van der Waals surface area contributed by atoms with Crippen LogP contribution in [0.4, 0.5) is 5.69 Å². The van der Waals surface area contributed by atoms with Gasteiger partial charge in [-0.3, -0.25) is 9.59 Å². The van der Waals surface area contributed by atoms with Gasteiger partial charge in [0.25, 0.3) is 5.91 Å². The molecule has 2 unspecified atom stereocenters. The zero-order valence-corrected chi connectivity index (χ0v) is 15.7. The molecule has 2 N–H and O–H groups in total. The average molecular weight is 346 g/mol. The number of nitrogens with zero attached hydrogens (tertiary/aromatic N) is 2. The first kappa shape index (κ1) is 19.4. The summed E-state index contributed by atoms with van der Waals surface area (Å²) < 4.78 is 0. The van der Waals surface area contributed by atoms with Crippen LogP contribution in [0.5, 0.6) is 0 Å². The van der Waals surface area contributed by atoms with Crippen LogP contribution in [0, 0.1) is 5.92 Å². The summed E-state index contributed by atoms with van der Waals surface area (Å²) in [6.45, 7) is 4.52. The Bertz CT molecular complexity index is 588. The van der Waals surface area contributed by atoms with Crippen LogP contribution in [0.2, 0.25) is 0 Å². The Kier molecular flexibility index (Phi) is 6.96. The van der Waals surface area contributed by atoms with Crippen LogP contribution in [0.25, 0.3) is 0 Å². The highest BCUT2D eigenvalue weighted by molar-refractivity contribution is 5.96. The van der Waals surface area contributed by atoms with E-state index < -0.39 is 0 Å². The first-order valence-corrected chi connectivity index (χ1v) is 8.93. The van der Waals surface area contributed by atoms with E-state index in [0.717, 1.165) is 25.9 Å². The molecule has 1 aliphatic heterocycles. The fraction of sp³-hybridized carbons (Fsp3) is 0.579. The van der Waals surface area contributed by atoms with Gasteiger partial charge in [0.15, 0.2) is 0 Å². The maximum atomic E-state index is 12.7. The Morgan fingerprint density at radius 1 is 1.32 bits per heavy atom. The molecule has 0 aliphatic carbocycles. The molecule has 2 amide bonds. The topological polar surface area (TPSA) is 64.7 Å². The van der Waals surface area contributed by atoms with Crippen LogP contribution in [0.15, 0.2) is 24.3 Å². The number of hydrogen-bond donors (Lipinski definition) is 2. The third kappa shape index (κ3) is 5.28. The zero-order valence-electron chi connectivity index (χ0n) is 15.7. The third-order valence-corrected chi connectivity index (χ3v) is 4.82. The van der Waals surface area contributed by atoms with Gasteiger partial charge < -0.3 is 20.4 Å². The highest BCUT2D eigenvalue weighted by Crippen LogP contribution is 2.17. The summed E-state index contributed by atoms with van der Waals surface area (Å²) in [5.74, 6) is -0.113. The Labute approximate surface area is 150 Å². The van der Waals surface area contributed by atoms with Gasteiger partial charge in [0.2, 0.25) is 5.91 Å². The molecule has 1 heterocycles. The molecule has 138 valence electrons. The molecule has 6 nitrogen and oxygen atoms in total. The minimum absolute atomic E-state index is 0.0294. The van der Waals surface area contributed by atoms with Gasteiger partial charge in [-0.1, -0.05) is 6.92 Å². The molecule has 2 rings (SSSR count). The number of amides is 2. The van der Waals surface area contributed by atoms with E-state index in [1.54, 1.807) is 24.3 Å². The largest absolute Gasteiger partial charge is 0.337 e. The predicted octanol–water partition coefficient (Wildman–Crippen LogP) is 1.65. The molecule has 0 saturated carbocycles. The van der Waals surface area contributed by atoms with Crippen molar-refractivity contribution >= 4 is 17.5 Å². The van der Waals surface area contributed by atoms with E-state index in [2.05, 4.69) is 22.6 Å². The number of nitrogens with one attached hydrogen (secondary N) is 2. The van der Waals surface area contributed by atoms with Crippen LogP contribution in [0.1, 0.15) is 30.1 Å². The maximum Gasteiger partial charge on any atom is 0.253 e. The van der Waals surface area contributed by atoms with Crippen LogP contribution in [-0.2, 0) is 4.79 Å². The SMILES string of the molecule is CNCC(C)C(=O)Nc1ccc(C(=O)N(C)C2CCCN(C)C2)cc1. The van der Waals surface area contributed by atoms with Gasteiger partial charge in [0.05, 0.1) is 0 Å². The van der Waals surface area contributed by atoms with E-state index in [-0.39, 0.29) is 23.8 Å². The van der Waals surface area contributed by atoms with Crippen molar-refractivity contribution in [3.8, 4) is 0 Å². The summed E-state index contributed by atoms with van der Waals surface area (Å²) in [7, 11) is 5.79. The smallest absolute Gasteiger partial charge is 0.253 e. The van der Waals surface area contributed by atoms with Gasteiger partial charge in [-0.2, -0.15) is 0 Å². The molecule has 0 spiro atoms. The lowest BCUT2D eigenvalue weighted by molar-refractivity contribution is -0.119. The molecule has 1 aromatic carbocycles. The summed E-state index contributed by atoms with van der Waals surface area (Å²) in [5, 5.41) is 5.87. The molecule has 1 aliphatic rings.